The Kier molecular flexibility index (Phi) is 6.67. The number of carbonyl (C=O) groups excluding carboxylic acids is 2. The summed E-state index contributed by atoms with van der Waals surface area (Å²) in [4.78, 5) is 29.0. The third-order valence-electron chi connectivity index (χ3n) is 4.62. The summed E-state index contributed by atoms with van der Waals surface area (Å²) in [6.45, 7) is 7.43. The summed E-state index contributed by atoms with van der Waals surface area (Å²) in [6, 6.07) is 17.2. The van der Waals surface area contributed by atoms with Crippen molar-refractivity contribution in [3.63, 3.8) is 0 Å². The molecule has 1 aromatic heterocycles. The molecule has 0 radical (unpaired) electrons. The lowest BCUT2D eigenvalue weighted by atomic mass is 10.1. The number of benzene rings is 2. The molecule has 6 nitrogen and oxygen atoms in total. The van der Waals surface area contributed by atoms with Crippen molar-refractivity contribution < 1.29 is 14.0 Å². The van der Waals surface area contributed by atoms with Crippen LogP contribution >= 0.6 is 0 Å². The summed E-state index contributed by atoms with van der Waals surface area (Å²) >= 11 is 0. The molecule has 3 rings (SSSR count). The molecule has 30 heavy (non-hydrogen) atoms. The van der Waals surface area contributed by atoms with Crippen molar-refractivity contribution in [3.8, 4) is 11.1 Å². The number of amides is 2. The largest absolute Gasteiger partial charge is 0.443 e. The molecule has 1 atom stereocenters. The number of oxazole rings is 1. The number of nitrogens with one attached hydrogen (secondary N) is 2. The van der Waals surface area contributed by atoms with Crippen LogP contribution in [0.25, 0.3) is 11.1 Å². The van der Waals surface area contributed by atoms with Gasteiger partial charge in [0, 0.05) is 12.1 Å². The molecule has 0 aliphatic heterocycles. The summed E-state index contributed by atoms with van der Waals surface area (Å²) in [5, 5.41) is 5.70. The number of hydrogen-bond acceptors (Lipinski definition) is 4. The van der Waals surface area contributed by atoms with Gasteiger partial charge in [-0.05, 0) is 43.0 Å². The molecule has 0 bridgehead atoms. The predicted molar refractivity (Wildman–Crippen MR) is 117 cm³/mol. The third kappa shape index (κ3) is 5.35. The second-order valence-corrected chi connectivity index (χ2v) is 7.74. The van der Waals surface area contributed by atoms with E-state index in [1.165, 1.54) is 0 Å². The van der Waals surface area contributed by atoms with Gasteiger partial charge in [0.05, 0.1) is 0 Å². The number of anilines is 1. The molecule has 0 spiro atoms. The Labute approximate surface area is 176 Å². The van der Waals surface area contributed by atoms with Crippen molar-refractivity contribution in [2.45, 2.75) is 40.2 Å². The Balaban J connectivity index is 1.66. The highest BCUT2D eigenvalue weighted by atomic mass is 16.4. The fourth-order valence-electron chi connectivity index (χ4n) is 3.11. The van der Waals surface area contributed by atoms with Gasteiger partial charge in [-0.2, -0.15) is 0 Å². The van der Waals surface area contributed by atoms with Gasteiger partial charge < -0.3 is 15.1 Å². The fraction of sp³-hybridized carbons (Fsp3) is 0.292. The molecular weight excluding hydrogens is 378 g/mol. The third-order valence-corrected chi connectivity index (χ3v) is 4.62. The van der Waals surface area contributed by atoms with Crippen LogP contribution in [0, 0.1) is 12.8 Å². The minimum atomic E-state index is -0.415. The molecule has 0 saturated carbocycles. The Hall–Kier alpha value is -3.41. The molecule has 156 valence electrons. The van der Waals surface area contributed by atoms with E-state index < -0.39 is 6.04 Å². The first-order valence-electron chi connectivity index (χ1n) is 10.1. The highest BCUT2D eigenvalue weighted by Gasteiger charge is 2.22. The van der Waals surface area contributed by atoms with Gasteiger partial charge in [-0.1, -0.05) is 56.3 Å². The monoisotopic (exact) mass is 405 g/mol. The van der Waals surface area contributed by atoms with Crippen LogP contribution in [0.4, 0.5) is 5.69 Å². The number of nitrogens with zero attached hydrogens (tertiary/aromatic N) is 1. The van der Waals surface area contributed by atoms with Crippen molar-refractivity contribution in [2.75, 3.05) is 5.32 Å². The van der Waals surface area contributed by atoms with Crippen molar-refractivity contribution in [3.05, 3.63) is 71.9 Å². The van der Waals surface area contributed by atoms with Crippen molar-refractivity contribution in [2.24, 2.45) is 5.92 Å². The Morgan fingerprint density at radius 2 is 1.60 bits per heavy atom. The van der Waals surface area contributed by atoms with Gasteiger partial charge in [-0.3, -0.25) is 9.59 Å². The lowest BCUT2D eigenvalue weighted by Crippen LogP contribution is -2.27. The quantitative estimate of drug-likeness (QED) is 0.571. The molecule has 0 aliphatic rings. The summed E-state index contributed by atoms with van der Waals surface area (Å²) in [6.07, 6.45) is 0.427. The Morgan fingerprint density at radius 3 is 2.23 bits per heavy atom. The van der Waals surface area contributed by atoms with E-state index in [1.807, 2.05) is 68.4 Å². The number of aryl methyl sites for hydroxylation is 1. The van der Waals surface area contributed by atoms with Crippen LogP contribution in [-0.2, 0) is 4.79 Å². The van der Waals surface area contributed by atoms with Gasteiger partial charge in [-0.25, -0.2) is 4.98 Å². The second-order valence-electron chi connectivity index (χ2n) is 7.74. The average molecular weight is 405 g/mol. The van der Waals surface area contributed by atoms with Gasteiger partial charge in [0.15, 0.2) is 5.69 Å². The van der Waals surface area contributed by atoms with Crippen LogP contribution in [0.3, 0.4) is 0 Å². The van der Waals surface area contributed by atoms with Crippen LogP contribution in [-0.4, -0.2) is 16.8 Å². The average Bonchev–Trinajstić information content (AvgIpc) is 3.10. The van der Waals surface area contributed by atoms with Crippen molar-refractivity contribution in [1.82, 2.24) is 10.3 Å². The van der Waals surface area contributed by atoms with Gasteiger partial charge in [0.2, 0.25) is 11.8 Å². The number of hydrogen-bond donors (Lipinski definition) is 2. The fourth-order valence-corrected chi connectivity index (χ4v) is 3.11. The molecule has 0 aliphatic carbocycles. The Morgan fingerprint density at radius 1 is 0.967 bits per heavy atom. The van der Waals surface area contributed by atoms with Crippen LogP contribution in [0.15, 0.2) is 59.0 Å². The number of rotatable bonds is 7. The SMILES string of the molecule is Cc1oc([C@@H](C)NC(=O)CC(C)C)nc1C(=O)Nc1ccc(-c2ccccc2)cc1. The van der Waals surface area contributed by atoms with Crippen LogP contribution in [0.2, 0.25) is 0 Å². The first-order valence-corrected chi connectivity index (χ1v) is 10.1. The molecule has 1 heterocycles. The molecule has 3 aromatic rings. The van der Waals surface area contributed by atoms with Crippen LogP contribution in [0.1, 0.15) is 55.4 Å². The van der Waals surface area contributed by atoms with E-state index in [-0.39, 0.29) is 23.4 Å². The van der Waals surface area contributed by atoms with E-state index in [2.05, 4.69) is 15.6 Å². The molecule has 2 N–H and O–H groups in total. The molecule has 2 amide bonds. The van der Waals surface area contributed by atoms with E-state index >= 15 is 0 Å². The van der Waals surface area contributed by atoms with E-state index in [1.54, 1.807) is 13.8 Å². The predicted octanol–water partition coefficient (Wildman–Crippen LogP) is 5.13. The van der Waals surface area contributed by atoms with Crippen molar-refractivity contribution in [1.29, 1.82) is 0 Å². The van der Waals surface area contributed by atoms with Gasteiger partial charge in [0.25, 0.3) is 5.91 Å². The maximum Gasteiger partial charge on any atom is 0.277 e. The van der Waals surface area contributed by atoms with Gasteiger partial charge >= 0.3 is 0 Å². The second kappa shape index (κ2) is 9.39. The summed E-state index contributed by atoms with van der Waals surface area (Å²) in [5.74, 6) is 0.564. The summed E-state index contributed by atoms with van der Waals surface area (Å²) in [5.41, 5.74) is 3.06. The molecular formula is C24H27N3O3. The van der Waals surface area contributed by atoms with Crippen molar-refractivity contribution >= 4 is 17.5 Å². The minimum absolute atomic E-state index is 0.0714. The first-order chi connectivity index (χ1) is 14.3. The van der Waals surface area contributed by atoms with Crippen LogP contribution in [0.5, 0.6) is 0 Å². The van der Waals surface area contributed by atoms with E-state index in [0.29, 0.717) is 23.8 Å². The first kappa shape index (κ1) is 21.3. The zero-order valence-corrected chi connectivity index (χ0v) is 17.7. The maximum atomic E-state index is 12.7. The molecule has 6 heteroatoms. The Bertz CT molecular complexity index is 1010. The zero-order chi connectivity index (χ0) is 21.7. The topological polar surface area (TPSA) is 84.2 Å². The maximum absolute atomic E-state index is 12.7. The standard InChI is InChI=1S/C24H27N3O3/c1-15(2)14-21(28)25-16(3)24-27-22(17(4)30-24)23(29)26-20-12-10-19(11-13-20)18-8-6-5-7-9-18/h5-13,15-16H,14H2,1-4H3,(H,25,28)(H,26,29)/t16-/m1/s1. The normalized spacial score (nSPS) is 11.9. The molecule has 0 saturated heterocycles. The number of aromatic nitrogens is 1. The lowest BCUT2D eigenvalue weighted by molar-refractivity contribution is -0.122. The molecule has 2 aromatic carbocycles. The zero-order valence-electron chi connectivity index (χ0n) is 17.7. The van der Waals surface area contributed by atoms with Crippen LogP contribution < -0.4 is 10.6 Å². The molecule has 0 fully saturated rings. The number of carbonyl (C=O) groups is 2. The van der Waals surface area contributed by atoms with Gasteiger partial charge in [0.1, 0.15) is 11.8 Å². The highest BCUT2D eigenvalue weighted by Crippen LogP contribution is 2.22. The lowest BCUT2D eigenvalue weighted by Gasteiger charge is -2.11. The highest BCUT2D eigenvalue weighted by molar-refractivity contribution is 6.03. The summed E-state index contributed by atoms with van der Waals surface area (Å²) in [7, 11) is 0. The summed E-state index contributed by atoms with van der Waals surface area (Å²) < 4.78 is 5.63. The van der Waals surface area contributed by atoms with E-state index in [9.17, 15) is 9.59 Å². The minimum Gasteiger partial charge on any atom is -0.443 e. The van der Waals surface area contributed by atoms with E-state index in [4.69, 9.17) is 4.42 Å². The smallest absolute Gasteiger partial charge is 0.277 e. The molecule has 0 unspecified atom stereocenters. The van der Waals surface area contributed by atoms with Gasteiger partial charge in [-0.15, -0.1) is 0 Å². The van der Waals surface area contributed by atoms with E-state index in [0.717, 1.165) is 11.1 Å².